The quantitative estimate of drug-likeness (QED) is 0.263. The highest BCUT2D eigenvalue weighted by Gasteiger charge is 2.40. The van der Waals surface area contributed by atoms with Crippen LogP contribution in [-0.2, 0) is 11.2 Å². The summed E-state index contributed by atoms with van der Waals surface area (Å²) in [6.07, 6.45) is 4.37. The second-order valence-corrected chi connectivity index (χ2v) is 9.84. The van der Waals surface area contributed by atoms with Crippen molar-refractivity contribution in [3.05, 3.63) is 64.6 Å². The van der Waals surface area contributed by atoms with Crippen LogP contribution in [0.4, 0.5) is 13.2 Å². The molecule has 11 heteroatoms. The van der Waals surface area contributed by atoms with E-state index in [9.17, 15) is 23.2 Å². The maximum Gasteiger partial charge on any atom is 0.249 e. The first kappa shape index (κ1) is 27.9. The highest BCUT2D eigenvalue weighted by atomic mass is 35.5. The number of benzene rings is 2. The number of pyridine rings is 1. The molecule has 1 amide bonds. The molecule has 1 aromatic heterocycles. The van der Waals surface area contributed by atoms with Crippen molar-refractivity contribution >= 4 is 28.4 Å². The molecule has 1 aliphatic rings. The van der Waals surface area contributed by atoms with Crippen LogP contribution in [-0.4, -0.2) is 54.3 Å². The first-order chi connectivity index (χ1) is 18.3. The van der Waals surface area contributed by atoms with E-state index < -0.39 is 34.5 Å². The second kappa shape index (κ2) is 12.2. The molecule has 2 N–H and O–H groups in total. The summed E-state index contributed by atoms with van der Waals surface area (Å²) in [4.78, 5) is 19.1. The Balaban J connectivity index is 1.36. The molecule has 7 nitrogen and oxygen atoms in total. The van der Waals surface area contributed by atoms with E-state index in [2.05, 4.69) is 4.98 Å². The summed E-state index contributed by atoms with van der Waals surface area (Å²) >= 11 is 6.48. The standard InChI is InChI=1S/C27H29ClF3N3O4/c1-37-18-4-5-24-20(15-18)19(21(28)16-32-24)3-2-6-27(26(35)33-36)7-9-34(10-8-27)11-12-38-25-22(30)13-17(29)14-23(25)31/h4-5,13-16,36H,2-3,6-12H2,1H3,(H,33,35). The molecule has 1 aliphatic heterocycles. The minimum atomic E-state index is -1.10. The van der Waals surface area contributed by atoms with Gasteiger partial charge in [-0.3, -0.25) is 19.9 Å². The Kier molecular flexibility index (Phi) is 8.96. The molecule has 0 atom stereocenters. The van der Waals surface area contributed by atoms with Crippen molar-refractivity contribution in [1.82, 2.24) is 15.4 Å². The monoisotopic (exact) mass is 551 g/mol. The van der Waals surface area contributed by atoms with Crippen LogP contribution in [0.25, 0.3) is 10.9 Å². The van der Waals surface area contributed by atoms with Crippen LogP contribution >= 0.6 is 11.6 Å². The number of halogens is 4. The topological polar surface area (TPSA) is 83.9 Å². The number of hydrogen-bond donors (Lipinski definition) is 2. The molecule has 4 rings (SSSR count). The molecule has 0 bridgehead atoms. The highest BCUT2D eigenvalue weighted by molar-refractivity contribution is 6.32. The third-order valence-corrected chi connectivity index (χ3v) is 7.56. The predicted octanol–water partition coefficient (Wildman–Crippen LogP) is 5.30. The average molecular weight is 552 g/mol. The summed E-state index contributed by atoms with van der Waals surface area (Å²) < 4.78 is 51.2. The van der Waals surface area contributed by atoms with E-state index in [1.54, 1.807) is 13.3 Å². The van der Waals surface area contributed by atoms with E-state index >= 15 is 0 Å². The number of methoxy groups -OCH3 is 1. The Labute approximate surface area is 223 Å². The van der Waals surface area contributed by atoms with Crippen LogP contribution < -0.4 is 15.0 Å². The second-order valence-electron chi connectivity index (χ2n) is 9.43. The molecule has 1 saturated heterocycles. The minimum Gasteiger partial charge on any atom is -0.497 e. The number of aryl methyl sites for hydroxylation is 1. The Hall–Kier alpha value is -3.08. The Bertz CT molecular complexity index is 1280. The van der Waals surface area contributed by atoms with E-state index in [1.165, 1.54) is 0 Å². The zero-order valence-electron chi connectivity index (χ0n) is 20.9. The third-order valence-electron chi connectivity index (χ3n) is 7.23. The number of amides is 1. The molecule has 0 aliphatic carbocycles. The number of nitrogens with one attached hydrogen (secondary N) is 1. The molecule has 2 aromatic carbocycles. The summed E-state index contributed by atoms with van der Waals surface area (Å²) in [6.45, 7) is 1.42. The molecular formula is C27H29ClF3N3O4. The summed E-state index contributed by atoms with van der Waals surface area (Å²) in [7, 11) is 1.59. The Morgan fingerprint density at radius 1 is 1.18 bits per heavy atom. The fourth-order valence-corrected chi connectivity index (χ4v) is 5.29. The lowest BCUT2D eigenvalue weighted by Crippen LogP contribution is -2.49. The van der Waals surface area contributed by atoms with Crippen LogP contribution in [0.1, 0.15) is 31.2 Å². The van der Waals surface area contributed by atoms with Crippen molar-refractivity contribution in [2.45, 2.75) is 32.1 Å². The maximum atomic E-state index is 13.8. The van der Waals surface area contributed by atoms with Gasteiger partial charge in [-0.25, -0.2) is 18.7 Å². The van der Waals surface area contributed by atoms with Gasteiger partial charge in [0.05, 0.1) is 23.1 Å². The fraction of sp³-hybridized carbons (Fsp3) is 0.407. The lowest BCUT2D eigenvalue weighted by atomic mass is 9.73. The molecule has 0 saturated carbocycles. The van der Waals surface area contributed by atoms with Crippen LogP contribution in [0.5, 0.6) is 11.5 Å². The summed E-state index contributed by atoms with van der Waals surface area (Å²) in [5.74, 6) is -3.56. The van der Waals surface area contributed by atoms with Crippen LogP contribution in [0, 0.1) is 22.9 Å². The van der Waals surface area contributed by atoms with Crippen molar-refractivity contribution in [1.29, 1.82) is 0 Å². The first-order valence-electron chi connectivity index (χ1n) is 12.3. The van der Waals surface area contributed by atoms with Gasteiger partial charge in [0, 0.05) is 30.3 Å². The first-order valence-corrected chi connectivity index (χ1v) is 12.7. The third kappa shape index (κ3) is 6.14. The van der Waals surface area contributed by atoms with E-state index in [1.807, 2.05) is 28.6 Å². The number of hydrogen-bond acceptors (Lipinski definition) is 6. The van der Waals surface area contributed by atoms with Gasteiger partial charge in [0.25, 0.3) is 0 Å². The molecule has 0 spiro atoms. The lowest BCUT2D eigenvalue weighted by Gasteiger charge is -2.40. The van der Waals surface area contributed by atoms with Gasteiger partial charge in [-0.15, -0.1) is 0 Å². The molecule has 0 unspecified atom stereocenters. The van der Waals surface area contributed by atoms with Gasteiger partial charge in [-0.2, -0.15) is 0 Å². The number of aromatic nitrogens is 1. The molecular weight excluding hydrogens is 523 g/mol. The Morgan fingerprint density at radius 3 is 2.55 bits per heavy atom. The van der Waals surface area contributed by atoms with Crippen molar-refractivity contribution < 1.29 is 32.6 Å². The fourth-order valence-electron chi connectivity index (χ4n) is 5.04. The van der Waals surface area contributed by atoms with Crippen LogP contribution in [0.3, 0.4) is 0 Å². The number of rotatable bonds is 10. The number of nitrogens with zero attached hydrogens (tertiary/aromatic N) is 2. The zero-order valence-corrected chi connectivity index (χ0v) is 21.7. The van der Waals surface area contributed by atoms with Crippen molar-refractivity contribution in [2.24, 2.45) is 5.41 Å². The van der Waals surface area contributed by atoms with Gasteiger partial charge in [0.15, 0.2) is 17.4 Å². The lowest BCUT2D eigenvalue weighted by molar-refractivity contribution is -0.143. The van der Waals surface area contributed by atoms with Crippen molar-refractivity contribution in [3.63, 3.8) is 0 Å². The van der Waals surface area contributed by atoms with Gasteiger partial charge in [0.2, 0.25) is 5.91 Å². The number of piperidine rings is 1. The van der Waals surface area contributed by atoms with Gasteiger partial charge < -0.3 is 9.47 Å². The maximum absolute atomic E-state index is 13.8. The normalized spacial score (nSPS) is 15.4. The summed E-state index contributed by atoms with van der Waals surface area (Å²) in [5, 5.41) is 10.9. The van der Waals surface area contributed by atoms with Crippen molar-refractivity contribution in [2.75, 3.05) is 33.4 Å². The predicted molar refractivity (Wildman–Crippen MR) is 136 cm³/mol. The summed E-state index contributed by atoms with van der Waals surface area (Å²) in [5.41, 5.74) is 2.78. The van der Waals surface area contributed by atoms with Gasteiger partial charge >= 0.3 is 0 Å². The molecule has 2 heterocycles. The van der Waals surface area contributed by atoms with Crippen LogP contribution in [0.15, 0.2) is 36.5 Å². The van der Waals surface area contributed by atoms with E-state index in [-0.39, 0.29) is 6.61 Å². The number of carbonyl (C=O) groups is 1. The molecule has 38 heavy (non-hydrogen) atoms. The van der Waals surface area contributed by atoms with E-state index in [0.29, 0.717) is 74.6 Å². The van der Waals surface area contributed by atoms with Gasteiger partial charge in [-0.05, 0) is 69.0 Å². The summed E-state index contributed by atoms with van der Waals surface area (Å²) in [6, 6.07) is 6.73. The molecule has 204 valence electrons. The van der Waals surface area contributed by atoms with Gasteiger partial charge in [-0.1, -0.05) is 11.6 Å². The zero-order chi connectivity index (χ0) is 27.3. The number of ether oxygens (including phenoxy) is 2. The van der Waals surface area contributed by atoms with E-state index in [0.717, 1.165) is 16.5 Å². The SMILES string of the molecule is COc1ccc2ncc(Cl)c(CCCC3(C(=O)NO)CCN(CCOc4c(F)cc(F)cc4F)CC3)c2c1. The number of fused-ring (bicyclic) bond motifs is 1. The molecule has 1 fully saturated rings. The smallest absolute Gasteiger partial charge is 0.249 e. The molecule has 3 aromatic rings. The molecule has 0 radical (unpaired) electrons. The highest BCUT2D eigenvalue weighted by Crippen LogP contribution is 2.38. The van der Waals surface area contributed by atoms with Crippen LogP contribution in [0.2, 0.25) is 5.02 Å². The van der Waals surface area contributed by atoms with E-state index in [4.69, 9.17) is 21.1 Å². The minimum absolute atomic E-state index is 0.00422. The number of hydroxylamine groups is 1. The number of carbonyl (C=O) groups excluding carboxylic acids is 1. The van der Waals surface area contributed by atoms with Gasteiger partial charge in [0.1, 0.15) is 18.2 Å². The van der Waals surface area contributed by atoms with Crippen molar-refractivity contribution in [3.8, 4) is 11.5 Å². The average Bonchev–Trinajstić information content (AvgIpc) is 2.91. The Morgan fingerprint density at radius 2 is 1.89 bits per heavy atom. The largest absolute Gasteiger partial charge is 0.497 e. The number of likely N-dealkylation sites (tertiary alicyclic amines) is 1.